The highest BCUT2D eigenvalue weighted by Crippen LogP contribution is 2.52. The highest BCUT2D eigenvalue weighted by molar-refractivity contribution is 6.32. The first-order valence-electron chi connectivity index (χ1n) is 10.2. The van der Waals surface area contributed by atoms with Crippen molar-refractivity contribution in [2.75, 3.05) is 6.61 Å². The largest absolute Gasteiger partial charge is 0.490 e. The van der Waals surface area contributed by atoms with Crippen molar-refractivity contribution in [2.45, 2.75) is 39.7 Å². The number of rotatable bonds is 7. The summed E-state index contributed by atoms with van der Waals surface area (Å²) in [7, 11) is 0. The lowest BCUT2D eigenvalue weighted by atomic mass is 9.85. The first-order valence-corrected chi connectivity index (χ1v) is 10.6. The molecule has 1 aliphatic heterocycles. The van der Waals surface area contributed by atoms with Crippen LogP contribution < -0.4 is 9.47 Å². The number of amides is 2. The van der Waals surface area contributed by atoms with E-state index < -0.39 is 0 Å². The van der Waals surface area contributed by atoms with Crippen LogP contribution in [0.2, 0.25) is 5.02 Å². The van der Waals surface area contributed by atoms with Gasteiger partial charge in [-0.05, 0) is 56.2 Å². The zero-order valence-corrected chi connectivity index (χ0v) is 17.6. The second kappa shape index (κ2) is 7.82. The van der Waals surface area contributed by atoms with E-state index in [1.807, 2.05) is 20.8 Å². The van der Waals surface area contributed by atoms with E-state index in [1.165, 1.54) is 6.21 Å². The summed E-state index contributed by atoms with van der Waals surface area (Å²) in [6.45, 7) is 6.33. The lowest BCUT2D eigenvalue weighted by molar-refractivity contribution is -0.140. The number of fused-ring (bicyclic) bond motifs is 5. The first-order chi connectivity index (χ1) is 13.9. The Morgan fingerprint density at radius 3 is 2.45 bits per heavy atom. The summed E-state index contributed by atoms with van der Waals surface area (Å²) in [4.78, 5) is 25.5. The van der Waals surface area contributed by atoms with E-state index in [4.69, 9.17) is 21.1 Å². The molecule has 1 aromatic rings. The maximum atomic E-state index is 12.7. The number of hydrogen-bond acceptors (Lipinski definition) is 5. The van der Waals surface area contributed by atoms with Crippen molar-refractivity contribution in [3.8, 4) is 11.5 Å². The van der Waals surface area contributed by atoms with Gasteiger partial charge in [0.25, 0.3) is 11.8 Å². The molecule has 4 rings (SSSR count). The van der Waals surface area contributed by atoms with Crippen LogP contribution in [0.25, 0.3) is 0 Å². The van der Waals surface area contributed by atoms with Crippen LogP contribution in [0.1, 0.15) is 39.2 Å². The molecule has 3 aliphatic rings. The number of halogens is 1. The lowest BCUT2D eigenvalue weighted by Crippen LogP contribution is -2.28. The van der Waals surface area contributed by atoms with Crippen molar-refractivity contribution in [1.82, 2.24) is 5.01 Å². The molecule has 2 bridgehead atoms. The molecule has 0 aromatic heterocycles. The zero-order chi connectivity index (χ0) is 20.7. The summed E-state index contributed by atoms with van der Waals surface area (Å²) in [6, 6.07) is 3.45. The van der Waals surface area contributed by atoms with Crippen LogP contribution in [0.15, 0.2) is 29.4 Å². The van der Waals surface area contributed by atoms with Crippen LogP contribution in [0, 0.1) is 23.7 Å². The summed E-state index contributed by atoms with van der Waals surface area (Å²) in [5, 5.41) is 5.64. The quantitative estimate of drug-likeness (QED) is 0.382. The number of ether oxygens (including phenoxy) is 2. The molecule has 2 aliphatic carbocycles. The number of carbonyl (C=O) groups is 2. The molecule has 0 radical (unpaired) electrons. The Labute approximate surface area is 175 Å². The Kier molecular flexibility index (Phi) is 5.38. The third-order valence-corrected chi connectivity index (χ3v) is 6.28. The van der Waals surface area contributed by atoms with Gasteiger partial charge in [0.05, 0.1) is 35.8 Å². The number of carbonyl (C=O) groups excluding carboxylic acids is 2. The number of allylic oxidation sites excluding steroid dienone is 2. The van der Waals surface area contributed by atoms with Gasteiger partial charge in [0.15, 0.2) is 11.5 Å². The molecule has 29 heavy (non-hydrogen) atoms. The van der Waals surface area contributed by atoms with E-state index in [-0.39, 0.29) is 41.6 Å². The van der Waals surface area contributed by atoms with Gasteiger partial charge in [0.2, 0.25) is 0 Å². The van der Waals surface area contributed by atoms with Crippen LogP contribution in [-0.2, 0) is 9.59 Å². The Morgan fingerprint density at radius 2 is 1.86 bits per heavy atom. The molecule has 1 aromatic carbocycles. The van der Waals surface area contributed by atoms with E-state index in [0.717, 1.165) is 17.9 Å². The van der Waals surface area contributed by atoms with Gasteiger partial charge in [-0.15, -0.1) is 0 Å². The summed E-state index contributed by atoms with van der Waals surface area (Å²) < 4.78 is 11.6. The Hall–Kier alpha value is -2.34. The van der Waals surface area contributed by atoms with Gasteiger partial charge in [-0.2, -0.15) is 10.1 Å². The minimum atomic E-state index is -0.261. The van der Waals surface area contributed by atoms with Crippen LogP contribution >= 0.6 is 11.6 Å². The topological polar surface area (TPSA) is 68.2 Å². The lowest BCUT2D eigenvalue weighted by Gasteiger charge is -2.18. The molecule has 7 heteroatoms. The van der Waals surface area contributed by atoms with Crippen LogP contribution in [-0.4, -0.2) is 35.7 Å². The Balaban J connectivity index is 1.57. The fraction of sp³-hybridized carbons (Fsp3) is 0.500. The number of benzene rings is 1. The van der Waals surface area contributed by atoms with Crippen molar-refractivity contribution < 1.29 is 19.1 Å². The van der Waals surface area contributed by atoms with E-state index in [9.17, 15) is 9.59 Å². The molecule has 2 amide bonds. The first kappa shape index (κ1) is 20.0. The number of nitrogens with zero attached hydrogens (tertiary/aromatic N) is 2. The summed E-state index contributed by atoms with van der Waals surface area (Å²) in [6.07, 6.45) is 7.34. The molecule has 154 valence electrons. The van der Waals surface area contributed by atoms with Crippen molar-refractivity contribution in [2.24, 2.45) is 28.8 Å². The third kappa shape index (κ3) is 3.44. The fourth-order valence-corrected chi connectivity index (χ4v) is 4.71. The molecular weight excluding hydrogens is 392 g/mol. The molecular formula is C22H25ClN2O4. The summed E-state index contributed by atoms with van der Waals surface area (Å²) in [5.74, 6) is 0.398. The van der Waals surface area contributed by atoms with E-state index in [1.54, 1.807) is 12.1 Å². The fourth-order valence-electron chi connectivity index (χ4n) is 4.45. The van der Waals surface area contributed by atoms with Gasteiger partial charge >= 0.3 is 0 Å². The van der Waals surface area contributed by atoms with Gasteiger partial charge < -0.3 is 9.47 Å². The van der Waals surface area contributed by atoms with Gasteiger partial charge in [0, 0.05) is 0 Å². The third-order valence-electron chi connectivity index (χ3n) is 6.00. The number of hydrazone groups is 1. The maximum absolute atomic E-state index is 12.7. The second-order valence-corrected chi connectivity index (χ2v) is 8.24. The minimum absolute atomic E-state index is 0.00513. The van der Waals surface area contributed by atoms with Crippen molar-refractivity contribution >= 4 is 29.6 Å². The molecule has 6 nitrogen and oxygen atoms in total. The second-order valence-electron chi connectivity index (χ2n) is 7.83. The molecule has 1 saturated heterocycles. The van der Waals surface area contributed by atoms with Gasteiger partial charge in [-0.3, -0.25) is 9.59 Å². The SMILES string of the molecule is CCOc1cc(C=NN2C(=O)C3C4C=CC(C4)C3C2=O)cc(Cl)c1OC(C)CC. The van der Waals surface area contributed by atoms with Crippen LogP contribution in [0.5, 0.6) is 11.5 Å². The highest BCUT2D eigenvalue weighted by atomic mass is 35.5. The Morgan fingerprint density at radius 1 is 1.21 bits per heavy atom. The van der Waals surface area contributed by atoms with Crippen LogP contribution in [0.4, 0.5) is 0 Å². The molecule has 1 heterocycles. The average Bonchev–Trinajstić information content (AvgIpc) is 3.37. The summed E-state index contributed by atoms with van der Waals surface area (Å²) >= 11 is 6.43. The van der Waals surface area contributed by atoms with E-state index in [0.29, 0.717) is 28.7 Å². The average molecular weight is 417 g/mol. The van der Waals surface area contributed by atoms with Crippen molar-refractivity contribution in [3.63, 3.8) is 0 Å². The smallest absolute Gasteiger partial charge is 0.254 e. The van der Waals surface area contributed by atoms with E-state index >= 15 is 0 Å². The predicted molar refractivity (Wildman–Crippen MR) is 110 cm³/mol. The molecule has 5 unspecified atom stereocenters. The summed E-state index contributed by atoms with van der Waals surface area (Å²) in [5.41, 5.74) is 0.633. The van der Waals surface area contributed by atoms with Gasteiger partial charge in [0.1, 0.15) is 0 Å². The zero-order valence-electron chi connectivity index (χ0n) is 16.8. The number of hydrogen-bond donors (Lipinski definition) is 0. The molecule has 0 N–H and O–H groups in total. The minimum Gasteiger partial charge on any atom is -0.490 e. The van der Waals surface area contributed by atoms with Crippen molar-refractivity contribution in [1.29, 1.82) is 0 Å². The molecule has 1 saturated carbocycles. The molecule has 0 spiro atoms. The molecule has 5 atom stereocenters. The van der Waals surface area contributed by atoms with Gasteiger partial charge in [-0.1, -0.05) is 30.7 Å². The highest BCUT2D eigenvalue weighted by Gasteiger charge is 2.59. The predicted octanol–water partition coefficient (Wildman–Crippen LogP) is 4.06. The Bertz CT molecular complexity index is 867. The van der Waals surface area contributed by atoms with Crippen molar-refractivity contribution in [3.05, 3.63) is 34.9 Å². The standard InChI is InChI=1S/C22H25ClN2O4/c1-4-12(3)29-20-16(23)8-13(9-17(20)28-5-2)11-24-25-21(26)18-14-6-7-15(10-14)19(18)22(25)27/h6-9,11-12,14-15,18-19H,4-5,10H2,1-3H3. The monoisotopic (exact) mass is 416 g/mol. The normalized spacial score (nSPS) is 28.5. The van der Waals surface area contributed by atoms with E-state index in [2.05, 4.69) is 17.3 Å². The van der Waals surface area contributed by atoms with Gasteiger partial charge in [-0.25, -0.2) is 0 Å². The number of imide groups is 1. The maximum Gasteiger partial charge on any atom is 0.254 e. The van der Waals surface area contributed by atoms with Crippen LogP contribution in [0.3, 0.4) is 0 Å². The molecule has 2 fully saturated rings.